The van der Waals surface area contributed by atoms with E-state index >= 15 is 0 Å². The number of nitrogens with two attached hydrogens (primary N) is 1. The number of aryl methyl sites for hydroxylation is 1. The lowest BCUT2D eigenvalue weighted by Crippen LogP contribution is -2.28. The van der Waals surface area contributed by atoms with Crippen molar-refractivity contribution in [3.8, 4) is 0 Å². The Morgan fingerprint density at radius 2 is 2.10 bits per heavy atom. The minimum Gasteiger partial charge on any atom is -0.444 e. The monoisotopic (exact) mass is 295 g/mol. The van der Waals surface area contributed by atoms with E-state index in [9.17, 15) is 8.42 Å². The molecule has 2 rings (SSSR count). The summed E-state index contributed by atoms with van der Waals surface area (Å²) in [5.41, 5.74) is 6.77. The molecule has 108 valence electrons. The first-order valence-electron chi connectivity index (χ1n) is 6.13. The molecular formula is C13H17N3O3S. The molecule has 7 heteroatoms. The molecule has 3 N–H and O–H groups in total. The highest BCUT2D eigenvalue weighted by Gasteiger charge is 2.20. The number of nitrogen functional groups attached to an aromatic ring is 1. The van der Waals surface area contributed by atoms with E-state index in [2.05, 4.69) is 9.71 Å². The van der Waals surface area contributed by atoms with Crippen molar-refractivity contribution in [3.63, 3.8) is 0 Å². The van der Waals surface area contributed by atoms with Gasteiger partial charge in [-0.05, 0) is 25.5 Å². The summed E-state index contributed by atoms with van der Waals surface area (Å²) in [4.78, 5) is 4.01. The fraction of sp³-hybridized carbons (Fsp3) is 0.308. The summed E-state index contributed by atoms with van der Waals surface area (Å²) in [5.74, 6) is 0.800. The van der Waals surface area contributed by atoms with Crippen LogP contribution in [0.15, 0.2) is 34.9 Å². The second kappa shape index (κ2) is 5.64. The van der Waals surface area contributed by atoms with Crippen molar-refractivity contribution in [2.45, 2.75) is 25.6 Å². The second-order valence-corrected chi connectivity index (χ2v) is 6.36. The Morgan fingerprint density at radius 1 is 1.40 bits per heavy atom. The van der Waals surface area contributed by atoms with E-state index in [1.807, 2.05) is 0 Å². The largest absolute Gasteiger partial charge is 0.444 e. The number of oxazole rings is 1. The highest BCUT2D eigenvalue weighted by molar-refractivity contribution is 7.88. The molecule has 0 aliphatic rings. The molecule has 1 unspecified atom stereocenters. The van der Waals surface area contributed by atoms with Crippen molar-refractivity contribution in [2.75, 3.05) is 5.73 Å². The minimum absolute atomic E-state index is 0.177. The van der Waals surface area contributed by atoms with Gasteiger partial charge in [-0.25, -0.2) is 18.1 Å². The lowest BCUT2D eigenvalue weighted by Gasteiger charge is -2.12. The maximum absolute atomic E-state index is 12.1. The van der Waals surface area contributed by atoms with E-state index in [-0.39, 0.29) is 5.75 Å². The number of sulfonamides is 1. The lowest BCUT2D eigenvalue weighted by atomic mass is 10.2. The third-order valence-corrected chi connectivity index (χ3v) is 4.17. The molecule has 1 atom stereocenters. The van der Waals surface area contributed by atoms with Crippen molar-refractivity contribution in [2.24, 2.45) is 0 Å². The first-order chi connectivity index (χ1) is 9.37. The smallest absolute Gasteiger partial charge is 0.216 e. The first kappa shape index (κ1) is 14.5. The molecule has 6 nitrogen and oxygen atoms in total. The summed E-state index contributed by atoms with van der Waals surface area (Å²) in [6.45, 7) is 3.43. The van der Waals surface area contributed by atoms with Crippen molar-refractivity contribution < 1.29 is 12.8 Å². The second-order valence-electron chi connectivity index (χ2n) is 4.61. The Balaban J connectivity index is 2.10. The number of hydrogen-bond acceptors (Lipinski definition) is 5. The number of benzene rings is 1. The molecule has 0 amide bonds. The Kier molecular flexibility index (Phi) is 4.10. The lowest BCUT2D eigenvalue weighted by molar-refractivity contribution is 0.427. The number of para-hydroxylation sites is 1. The first-order valence-corrected chi connectivity index (χ1v) is 7.78. The molecule has 0 fully saturated rings. The highest BCUT2D eigenvalue weighted by Crippen LogP contribution is 2.17. The molecule has 0 aliphatic carbocycles. The molecule has 0 saturated carbocycles. The molecule has 20 heavy (non-hydrogen) atoms. The Hall–Kier alpha value is -1.86. The fourth-order valence-electron chi connectivity index (χ4n) is 1.80. The van der Waals surface area contributed by atoms with Crippen LogP contribution in [0.25, 0.3) is 0 Å². The van der Waals surface area contributed by atoms with E-state index in [4.69, 9.17) is 10.2 Å². The molecular weight excluding hydrogens is 278 g/mol. The maximum atomic E-state index is 12.1. The topological polar surface area (TPSA) is 98.2 Å². The normalized spacial score (nSPS) is 13.3. The molecule has 1 aromatic heterocycles. The van der Waals surface area contributed by atoms with Crippen LogP contribution in [0, 0.1) is 6.92 Å². The molecule has 0 saturated heterocycles. The van der Waals surface area contributed by atoms with Gasteiger partial charge in [0.25, 0.3) is 0 Å². The zero-order chi connectivity index (χ0) is 14.8. The zero-order valence-corrected chi connectivity index (χ0v) is 12.1. The van der Waals surface area contributed by atoms with E-state index in [1.54, 1.807) is 44.3 Å². The number of hydrogen-bond donors (Lipinski definition) is 2. The van der Waals surface area contributed by atoms with Crippen LogP contribution in [0.3, 0.4) is 0 Å². The molecule has 1 heterocycles. The van der Waals surface area contributed by atoms with E-state index < -0.39 is 16.1 Å². The summed E-state index contributed by atoms with van der Waals surface area (Å²) in [5, 5.41) is 0. The molecule has 1 aromatic carbocycles. The number of nitrogens with one attached hydrogen (secondary N) is 1. The standard InChI is InChI=1S/C13H17N3O3S/c1-9-7-15-13(19-9)10(2)16-20(17,18)8-11-5-3-4-6-12(11)14/h3-7,10,16H,8,14H2,1-2H3. The molecule has 0 radical (unpaired) electrons. The Morgan fingerprint density at radius 3 is 2.70 bits per heavy atom. The van der Waals surface area contributed by atoms with Gasteiger partial charge in [0, 0.05) is 5.69 Å². The van der Waals surface area contributed by atoms with Gasteiger partial charge >= 0.3 is 0 Å². The minimum atomic E-state index is -3.53. The van der Waals surface area contributed by atoms with Gasteiger partial charge in [0.05, 0.1) is 18.0 Å². The van der Waals surface area contributed by atoms with E-state index in [0.717, 1.165) is 0 Å². The SMILES string of the molecule is Cc1cnc(C(C)NS(=O)(=O)Cc2ccccc2N)o1. The summed E-state index contributed by atoms with van der Waals surface area (Å²) in [6, 6.07) is 6.35. The van der Waals surface area contributed by atoms with Crippen LogP contribution in [0.1, 0.15) is 30.2 Å². The fourth-order valence-corrected chi connectivity index (χ4v) is 3.20. The van der Waals surface area contributed by atoms with Crippen LogP contribution in [0.5, 0.6) is 0 Å². The van der Waals surface area contributed by atoms with Gasteiger partial charge in [0.2, 0.25) is 15.9 Å². The highest BCUT2D eigenvalue weighted by atomic mass is 32.2. The predicted molar refractivity (Wildman–Crippen MR) is 76.3 cm³/mol. The average molecular weight is 295 g/mol. The van der Waals surface area contributed by atoms with Crippen LogP contribution in [-0.4, -0.2) is 13.4 Å². The van der Waals surface area contributed by atoms with Crippen molar-refractivity contribution >= 4 is 15.7 Å². The van der Waals surface area contributed by atoms with E-state index in [1.165, 1.54) is 0 Å². The molecule has 0 aliphatic heterocycles. The summed E-state index contributed by atoms with van der Waals surface area (Å²) in [6.07, 6.45) is 1.55. The summed E-state index contributed by atoms with van der Waals surface area (Å²) >= 11 is 0. The van der Waals surface area contributed by atoms with Gasteiger partial charge in [-0.2, -0.15) is 0 Å². The van der Waals surface area contributed by atoms with E-state index in [0.29, 0.717) is 22.9 Å². The summed E-state index contributed by atoms with van der Waals surface area (Å²) in [7, 11) is -3.53. The van der Waals surface area contributed by atoms with Crippen molar-refractivity contribution in [1.29, 1.82) is 0 Å². The maximum Gasteiger partial charge on any atom is 0.216 e. The van der Waals surface area contributed by atoms with Gasteiger partial charge in [0.1, 0.15) is 5.76 Å². The van der Waals surface area contributed by atoms with Crippen LogP contribution in [0.2, 0.25) is 0 Å². The number of aromatic nitrogens is 1. The van der Waals surface area contributed by atoms with Gasteiger partial charge in [-0.3, -0.25) is 0 Å². The van der Waals surface area contributed by atoms with Crippen molar-refractivity contribution in [3.05, 3.63) is 47.7 Å². The molecule has 2 aromatic rings. The molecule has 0 bridgehead atoms. The zero-order valence-electron chi connectivity index (χ0n) is 11.3. The number of rotatable bonds is 5. The number of nitrogens with zero attached hydrogens (tertiary/aromatic N) is 1. The van der Waals surface area contributed by atoms with Crippen LogP contribution < -0.4 is 10.5 Å². The quantitative estimate of drug-likeness (QED) is 0.819. The third kappa shape index (κ3) is 3.58. The van der Waals surface area contributed by atoms with Crippen LogP contribution in [-0.2, 0) is 15.8 Å². The molecule has 0 spiro atoms. The van der Waals surface area contributed by atoms with Crippen molar-refractivity contribution in [1.82, 2.24) is 9.71 Å². The Labute approximate surface area is 118 Å². The third-order valence-electron chi connectivity index (χ3n) is 2.77. The average Bonchev–Trinajstić information content (AvgIpc) is 2.78. The van der Waals surface area contributed by atoms with Crippen LogP contribution in [0.4, 0.5) is 5.69 Å². The van der Waals surface area contributed by atoms with Gasteiger partial charge in [-0.1, -0.05) is 18.2 Å². The summed E-state index contributed by atoms with van der Waals surface area (Å²) < 4.78 is 32.0. The van der Waals surface area contributed by atoms with Gasteiger partial charge in [0.15, 0.2) is 0 Å². The predicted octanol–water partition coefficient (Wildman–Crippen LogP) is 1.75. The van der Waals surface area contributed by atoms with Crippen LogP contribution >= 0.6 is 0 Å². The Bertz CT molecular complexity index is 694. The van der Waals surface area contributed by atoms with Gasteiger partial charge < -0.3 is 10.2 Å². The number of anilines is 1. The van der Waals surface area contributed by atoms with Gasteiger partial charge in [-0.15, -0.1) is 0 Å².